The van der Waals surface area contributed by atoms with Gasteiger partial charge in [-0.05, 0) is 24.3 Å². The molecule has 1 rings (SSSR count). The molecule has 6 heteroatoms. The van der Waals surface area contributed by atoms with E-state index >= 15 is 0 Å². The Hall–Kier alpha value is -0.100. The van der Waals surface area contributed by atoms with Crippen molar-refractivity contribution < 1.29 is 18.8 Å². The van der Waals surface area contributed by atoms with Crippen LogP contribution in [0.15, 0.2) is 33.2 Å². The zero-order valence-electron chi connectivity index (χ0n) is 5.70. The molecule has 12 heavy (non-hydrogen) atoms. The molecular weight excluding hydrogens is 308 g/mol. The standard InChI is InChI=1S/C6H4Br2.4FH/c7-5-1-2-6(8)4-3-5;;;;/h1-4H;4*1H. The van der Waals surface area contributed by atoms with E-state index < -0.39 is 0 Å². The van der Waals surface area contributed by atoms with Crippen LogP contribution in [0.25, 0.3) is 0 Å². The fraction of sp³-hybridized carbons (Fsp3) is 0. The monoisotopic (exact) mass is 314 g/mol. The van der Waals surface area contributed by atoms with Crippen molar-refractivity contribution in [1.82, 2.24) is 0 Å². The van der Waals surface area contributed by atoms with E-state index in [-0.39, 0.29) is 18.8 Å². The molecule has 0 N–H and O–H groups in total. The van der Waals surface area contributed by atoms with E-state index in [0.29, 0.717) is 0 Å². The molecule has 0 fully saturated rings. The van der Waals surface area contributed by atoms with Crippen LogP contribution in [0.5, 0.6) is 0 Å². The molecule has 0 aliphatic carbocycles. The Morgan fingerprint density at radius 2 is 0.750 bits per heavy atom. The summed E-state index contributed by atoms with van der Waals surface area (Å²) in [6.45, 7) is 0. The summed E-state index contributed by atoms with van der Waals surface area (Å²) < 4.78 is 2.22. The number of rotatable bonds is 0. The van der Waals surface area contributed by atoms with Crippen molar-refractivity contribution in [2.24, 2.45) is 0 Å². The zero-order chi connectivity index (χ0) is 5.98. The van der Waals surface area contributed by atoms with Gasteiger partial charge in [0.1, 0.15) is 0 Å². The molecule has 0 aliphatic heterocycles. The second-order valence-electron chi connectivity index (χ2n) is 1.44. The van der Waals surface area contributed by atoms with Crippen LogP contribution in [-0.4, -0.2) is 0 Å². The lowest BCUT2D eigenvalue weighted by atomic mass is 10.4. The van der Waals surface area contributed by atoms with Gasteiger partial charge in [-0.2, -0.15) is 0 Å². The lowest BCUT2D eigenvalue weighted by molar-refractivity contribution is 1.11. The Kier molecular flexibility index (Phi) is 20.6. The Bertz CT molecular complexity index is 156. The van der Waals surface area contributed by atoms with Gasteiger partial charge in [-0.25, -0.2) is 0 Å². The van der Waals surface area contributed by atoms with E-state index in [1.165, 1.54) is 0 Å². The van der Waals surface area contributed by atoms with Gasteiger partial charge in [0.2, 0.25) is 0 Å². The van der Waals surface area contributed by atoms with Gasteiger partial charge in [0.05, 0.1) is 0 Å². The molecule has 0 saturated carbocycles. The highest BCUT2D eigenvalue weighted by atomic mass is 79.9. The maximum absolute atomic E-state index is 3.32. The molecule has 1 aromatic carbocycles. The first kappa shape index (κ1) is 22.7. The van der Waals surface area contributed by atoms with Crippen LogP contribution >= 0.6 is 31.9 Å². The van der Waals surface area contributed by atoms with Crippen LogP contribution in [0, 0.1) is 0 Å². The van der Waals surface area contributed by atoms with Crippen LogP contribution in [0.3, 0.4) is 0 Å². The Labute approximate surface area is 84.1 Å². The van der Waals surface area contributed by atoms with E-state index in [9.17, 15) is 0 Å². The van der Waals surface area contributed by atoms with Crippen LogP contribution in [-0.2, 0) is 0 Å². The quantitative estimate of drug-likeness (QED) is 0.638. The van der Waals surface area contributed by atoms with E-state index in [1.54, 1.807) is 0 Å². The van der Waals surface area contributed by atoms with Gasteiger partial charge in [-0.3, -0.25) is 18.8 Å². The molecule has 0 bridgehead atoms. The molecule has 0 saturated heterocycles. The molecule has 0 unspecified atom stereocenters. The van der Waals surface area contributed by atoms with E-state index in [1.807, 2.05) is 24.3 Å². The largest absolute Gasteiger partial charge is 0.269 e. The number of hydrogen-bond donors (Lipinski definition) is 0. The molecule has 0 nitrogen and oxygen atoms in total. The molecular formula is C6H8Br2F4. The Morgan fingerprint density at radius 1 is 0.583 bits per heavy atom. The van der Waals surface area contributed by atoms with Crippen molar-refractivity contribution in [2.45, 2.75) is 0 Å². The smallest absolute Gasteiger partial charge is 0.0176 e. The predicted octanol–water partition coefficient (Wildman–Crippen LogP) is 3.82. The van der Waals surface area contributed by atoms with Crippen LogP contribution in [0.2, 0.25) is 0 Å². The van der Waals surface area contributed by atoms with Crippen LogP contribution in [0.4, 0.5) is 18.8 Å². The fourth-order valence-electron chi connectivity index (χ4n) is 0.430. The van der Waals surface area contributed by atoms with Crippen LogP contribution in [0.1, 0.15) is 0 Å². The highest BCUT2D eigenvalue weighted by Crippen LogP contribution is 2.13. The minimum Gasteiger partial charge on any atom is -0.269 e. The topological polar surface area (TPSA) is 0 Å². The minimum absolute atomic E-state index is 0. The number of benzene rings is 1. The van der Waals surface area contributed by atoms with Gasteiger partial charge >= 0.3 is 0 Å². The molecule has 0 aromatic heterocycles. The highest BCUT2D eigenvalue weighted by Gasteiger charge is 1.83. The summed E-state index contributed by atoms with van der Waals surface area (Å²) in [6, 6.07) is 7.96. The second-order valence-corrected chi connectivity index (χ2v) is 3.27. The normalized spacial score (nSPS) is 6.17. The summed E-state index contributed by atoms with van der Waals surface area (Å²) in [5.74, 6) is 0. The lowest BCUT2D eigenvalue weighted by Crippen LogP contribution is -1.61. The SMILES string of the molecule is Brc1ccc(Br)cc1.F.F.F.F. The van der Waals surface area contributed by atoms with Crippen molar-refractivity contribution in [3.63, 3.8) is 0 Å². The van der Waals surface area contributed by atoms with Crippen molar-refractivity contribution in [3.05, 3.63) is 33.2 Å². The summed E-state index contributed by atoms with van der Waals surface area (Å²) in [5, 5.41) is 0. The second kappa shape index (κ2) is 10.9. The van der Waals surface area contributed by atoms with Crippen molar-refractivity contribution in [1.29, 1.82) is 0 Å². The molecule has 0 aliphatic rings. The van der Waals surface area contributed by atoms with Gasteiger partial charge in [0.15, 0.2) is 0 Å². The van der Waals surface area contributed by atoms with Gasteiger partial charge in [-0.15, -0.1) is 0 Å². The predicted molar refractivity (Wildman–Crippen MR) is 51.9 cm³/mol. The highest BCUT2D eigenvalue weighted by molar-refractivity contribution is 9.11. The maximum Gasteiger partial charge on any atom is 0.0176 e. The Balaban J connectivity index is -0.0000000800. The summed E-state index contributed by atoms with van der Waals surface area (Å²) in [7, 11) is 0. The number of hydrogen-bond acceptors (Lipinski definition) is 0. The molecule has 0 radical (unpaired) electrons. The third-order valence-corrected chi connectivity index (χ3v) is 1.86. The molecule has 0 atom stereocenters. The van der Waals surface area contributed by atoms with Crippen molar-refractivity contribution >= 4 is 31.9 Å². The molecule has 0 heterocycles. The average Bonchev–Trinajstić information content (AvgIpc) is 1.77. The molecule has 1 aromatic rings. The fourth-order valence-corrected chi connectivity index (χ4v) is 0.958. The first-order chi connectivity index (χ1) is 3.79. The minimum atomic E-state index is 0. The summed E-state index contributed by atoms with van der Waals surface area (Å²) in [6.07, 6.45) is 0. The van der Waals surface area contributed by atoms with Gasteiger partial charge in [0, 0.05) is 8.95 Å². The summed E-state index contributed by atoms with van der Waals surface area (Å²) in [5.41, 5.74) is 0. The maximum atomic E-state index is 3.32. The van der Waals surface area contributed by atoms with E-state index in [4.69, 9.17) is 0 Å². The third-order valence-electron chi connectivity index (χ3n) is 0.804. The zero-order valence-corrected chi connectivity index (χ0v) is 8.87. The van der Waals surface area contributed by atoms with Gasteiger partial charge < -0.3 is 0 Å². The molecule has 0 amide bonds. The average molecular weight is 316 g/mol. The van der Waals surface area contributed by atoms with Crippen molar-refractivity contribution in [3.8, 4) is 0 Å². The lowest BCUT2D eigenvalue weighted by Gasteiger charge is -1.86. The number of halogens is 6. The summed E-state index contributed by atoms with van der Waals surface area (Å²) in [4.78, 5) is 0. The van der Waals surface area contributed by atoms with Crippen molar-refractivity contribution in [2.75, 3.05) is 0 Å². The first-order valence-electron chi connectivity index (χ1n) is 2.20. The summed E-state index contributed by atoms with van der Waals surface area (Å²) >= 11 is 6.65. The van der Waals surface area contributed by atoms with E-state index in [0.717, 1.165) is 8.95 Å². The third kappa shape index (κ3) is 8.00. The first-order valence-corrected chi connectivity index (χ1v) is 3.79. The van der Waals surface area contributed by atoms with E-state index in [2.05, 4.69) is 31.9 Å². The van der Waals surface area contributed by atoms with Gasteiger partial charge in [-0.1, -0.05) is 31.9 Å². The molecule has 74 valence electrons. The van der Waals surface area contributed by atoms with Crippen LogP contribution < -0.4 is 0 Å². The van der Waals surface area contributed by atoms with Gasteiger partial charge in [0.25, 0.3) is 0 Å². The molecule has 0 spiro atoms. The Morgan fingerprint density at radius 3 is 0.917 bits per heavy atom.